The zero-order chi connectivity index (χ0) is 8.39. The van der Waals surface area contributed by atoms with Crippen molar-refractivity contribution < 1.29 is 5.21 Å². The molecule has 0 aromatic heterocycles. The summed E-state index contributed by atoms with van der Waals surface area (Å²) in [4.78, 5) is 0. The molecule has 0 heterocycles. The van der Waals surface area contributed by atoms with Gasteiger partial charge in [0.15, 0.2) is 0 Å². The van der Waals surface area contributed by atoms with Crippen molar-refractivity contribution in [3.05, 3.63) is 35.9 Å². The van der Waals surface area contributed by atoms with Crippen LogP contribution in [-0.2, 0) is 0 Å². The minimum Gasteiger partial charge on any atom is -0.317 e. The Hall–Kier alpha value is -0.860. The summed E-state index contributed by atoms with van der Waals surface area (Å²) in [7, 11) is 0. The summed E-state index contributed by atoms with van der Waals surface area (Å²) in [5.74, 6) is 1.31. The third kappa shape index (κ3) is 1.49. The second-order valence-electron chi connectivity index (χ2n) is 3.38. The highest BCUT2D eigenvalue weighted by atomic mass is 16.5. The molecule has 0 saturated heterocycles. The number of hydrogen-bond donors (Lipinski definition) is 2. The average molecular weight is 163 g/mol. The van der Waals surface area contributed by atoms with E-state index in [1.165, 1.54) is 12.0 Å². The van der Waals surface area contributed by atoms with Crippen LogP contribution in [0.2, 0.25) is 0 Å². The van der Waals surface area contributed by atoms with Gasteiger partial charge in [0.2, 0.25) is 0 Å². The van der Waals surface area contributed by atoms with Gasteiger partial charge in [0, 0.05) is 6.54 Å². The molecule has 0 bridgehead atoms. The molecule has 2 heteroatoms. The second kappa shape index (κ2) is 3.25. The Labute approximate surface area is 72.2 Å². The topological polar surface area (TPSA) is 32.3 Å². The van der Waals surface area contributed by atoms with E-state index in [9.17, 15) is 0 Å². The molecule has 12 heavy (non-hydrogen) atoms. The van der Waals surface area contributed by atoms with E-state index in [1.54, 1.807) is 0 Å². The highest BCUT2D eigenvalue weighted by molar-refractivity contribution is 5.25. The summed E-state index contributed by atoms with van der Waals surface area (Å²) >= 11 is 0. The van der Waals surface area contributed by atoms with Crippen molar-refractivity contribution in [1.82, 2.24) is 5.48 Å². The number of hydrogen-bond acceptors (Lipinski definition) is 2. The smallest absolute Gasteiger partial charge is 0.0241 e. The van der Waals surface area contributed by atoms with Gasteiger partial charge in [-0.25, -0.2) is 5.48 Å². The van der Waals surface area contributed by atoms with Crippen molar-refractivity contribution in [2.45, 2.75) is 12.3 Å². The van der Waals surface area contributed by atoms with Crippen LogP contribution < -0.4 is 5.48 Å². The maximum Gasteiger partial charge on any atom is 0.0241 e. The van der Waals surface area contributed by atoms with Crippen LogP contribution in [0.1, 0.15) is 17.9 Å². The summed E-state index contributed by atoms with van der Waals surface area (Å²) in [5.41, 5.74) is 3.63. The van der Waals surface area contributed by atoms with Gasteiger partial charge in [-0.2, -0.15) is 0 Å². The van der Waals surface area contributed by atoms with Gasteiger partial charge in [-0.05, 0) is 23.8 Å². The van der Waals surface area contributed by atoms with Crippen molar-refractivity contribution in [3.8, 4) is 0 Å². The van der Waals surface area contributed by atoms with Crippen molar-refractivity contribution in [1.29, 1.82) is 0 Å². The van der Waals surface area contributed by atoms with Gasteiger partial charge in [0.25, 0.3) is 0 Å². The third-order valence-electron chi connectivity index (χ3n) is 2.50. The molecule has 2 rings (SSSR count). The SMILES string of the molecule is ONCC1CC1c1ccccc1. The maximum absolute atomic E-state index is 8.49. The Kier molecular flexibility index (Phi) is 2.11. The molecule has 1 aromatic rings. The molecule has 64 valence electrons. The van der Waals surface area contributed by atoms with E-state index in [1.807, 2.05) is 6.07 Å². The zero-order valence-corrected chi connectivity index (χ0v) is 6.90. The zero-order valence-electron chi connectivity index (χ0n) is 6.90. The molecule has 1 aliphatic rings. The number of nitrogens with one attached hydrogen (secondary N) is 1. The van der Waals surface area contributed by atoms with Crippen molar-refractivity contribution in [2.24, 2.45) is 5.92 Å². The molecule has 2 unspecified atom stereocenters. The van der Waals surface area contributed by atoms with Crippen LogP contribution in [0.15, 0.2) is 30.3 Å². The lowest BCUT2D eigenvalue weighted by atomic mass is 10.1. The van der Waals surface area contributed by atoms with E-state index >= 15 is 0 Å². The number of rotatable bonds is 3. The van der Waals surface area contributed by atoms with E-state index in [2.05, 4.69) is 29.7 Å². The van der Waals surface area contributed by atoms with Crippen LogP contribution in [0.4, 0.5) is 0 Å². The highest BCUT2D eigenvalue weighted by Gasteiger charge is 2.37. The number of benzene rings is 1. The quantitative estimate of drug-likeness (QED) is 0.665. The predicted octanol–water partition coefficient (Wildman–Crippen LogP) is 1.77. The molecule has 0 spiro atoms. The fourth-order valence-electron chi connectivity index (χ4n) is 1.70. The Balaban J connectivity index is 1.97. The lowest BCUT2D eigenvalue weighted by Crippen LogP contribution is -2.11. The predicted molar refractivity (Wildman–Crippen MR) is 47.1 cm³/mol. The van der Waals surface area contributed by atoms with E-state index in [0.717, 1.165) is 6.54 Å². The summed E-state index contributed by atoms with van der Waals surface area (Å²) in [5, 5.41) is 8.49. The Morgan fingerprint density at radius 3 is 2.75 bits per heavy atom. The molecule has 2 atom stereocenters. The highest BCUT2D eigenvalue weighted by Crippen LogP contribution is 2.46. The first kappa shape index (κ1) is 7.77. The molecule has 2 nitrogen and oxygen atoms in total. The Morgan fingerprint density at radius 2 is 2.08 bits per heavy atom. The number of hydroxylamine groups is 1. The molecule has 1 saturated carbocycles. The van der Waals surface area contributed by atoms with E-state index in [-0.39, 0.29) is 0 Å². The second-order valence-corrected chi connectivity index (χ2v) is 3.38. The van der Waals surface area contributed by atoms with Gasteiger partial charge < -0.3 is 5.21 Å². The average Bonchev–Trinajstić information content (AvgIpc) is 2.87. The summed E-state index contributed by atoms with van der Waals surface area (Å²) < 4.78 is 0. The van der Waals surface area contributed by atoms with Crippen molar-refractivity contribution in [2.75, 3.05) is 6.54 Å². The fraction of sp³-hybridized carbons (Fsp3) is 0.400. The third-order valence-corrected chi connectivity index (χ3v) is 2.50. The van der Waals surface area contributed by atoms with Crippen LogP contribution in [0.5, 0.6) is 0 Å². The van der Waals surface area contributed by atoms with Gasteiger partial charge in [-0.15, -0.1) is 0 Å². The van der Waals surface area contributed by atoms with E-state index < -0.39 is 0 Å². The first-order valence-corrected chi connectivity index (χ1v) is 4.33. The lowest BCUT2D eigenvalue weighted by molar-refractivity contribution is 0.161. The van der Waals surface area contributed by atoms with Crippen LogP contribution in [0.3, 0.4) is 0 Å². The minimum absolute atomic E-state index is 0.636. The van der Waals surface area contributed by atoms with Crippen molar-refractivity contribution in [3.63, 3.8) is 0 Å². The van der Waals surface area contributed by atoms with Crippen molar-refractivity contribution >= 4 is 0 Å². The van der Waals surface area contributed by atoms with E-state index in [0.29, 0.717) is 11.8 Å². The molecule has 2 N–H and O–H groups in total. The van der Waals surface area contributed by atoms with Crippen LogP contribution in [-0.4, -0.2) is 11.8 Å². The summed E-state index contributed by atoms with van der Waals surface area (Å²) in [6.45, 7) is 0.722. The molecule has 0 radical (unpaired) electrons. The molecule has 1 aliphatic carbocycles. The van der Waals surface area contributed by atoms with E-state index in [4.69, 9.17) is 5.21 Å². The van der Waals surface area contributed by atoms with Gasteiger partial charge in [-0.1, -0.05) is 30.3 Å². The Bertz CT molecular complexity index is 247. The first-order valence-electron chi connectivity index (χ1n) is 4.33. The van der Waals surface area contributed by atoms with Crippen LogP contribution in [0, 0.1) is 5.92 Å². The van der Waals surface area contributed by atoms with Gasteiger partial charge >= 0.3 is 0 Å². The minimum atomic E-state index is 0.636. The summed E-state index contributed by atoms with van der Waals surface area (Å²) in [6, 6.07) is 10.5. The first-order chi connectivity index (χ1) is 5.92. The summed E-state index contributed by atoms with van der Waals surface area (Å²) in [6.07, 6.45) is 1.21. The van der Waals surface area contributed by atoms with Gasteiger partial charge in [0.1, 0.15) is 0 Å². The maximum atomic E-state index is 8.49. The standard InChI is InChI=1S/C10H13NO/c12-11-7-9-6-10(9)8-4-2-1-3-5-8/h1-5,9-12H,6-7H2. The van der Waals surface area contributed by atoms with Gasteiger partial charge in [0.05, 0.1) is 0 Å². The van der Waals surface area contributed by atoms with Crippen LogP contribution in [0.25, 0.3) is 0 Å². The monoisotopic (exact) mass is 163 g/mol. The molecule has 1 aromatic carbocycles. The molecule has 1 fully saturated rings. The molecule has 0 aliphatic heterocycles. The van der Waals surface area contributed by atoms with Gasteiger partial charge in [-0.3, -0.25) is 0 Å². The van der Waals surface area contributed by atoms with Crippen LogP contribution >= 0.6 is 0 Å². The Morgan fingerprint density at radius 1 is 1.33 bits per heavy atom. The molecular formula is C10H13NO. The normalized spacial score (nSPS) is 27.1. The molecular weight excluding hydrogens is 150 g/mol. The molecule has 0 amide bonds. The largest absolute Gasteiger partial charge is 0.317 e. The fourth-order valence-corrected chi connectivity index (χ4v) is 1.70. The lowest BCUT2D eigenvalue weighted by Gasteiger charge is -1.98.